The highest BCUT2D eigenvalue weighted by Gasteiger charge is 2.36. The minimum absolute atomic E-state index is 0.473. The van der Waals surface area contributed by atoms with Gasteiger partial charge in [0.1, 0.15) is 0 Å². The summed E-state index contributed by atoms with van der Waals surface area (Å²) in [6, 6.07) is 0.473. The van der Waals surface area contributed by atoms with Crippen molar-refractivity contribution in [2.45, 2.75) is 57.0 Å². The normalized spacial score (nSPS) is 30.9. The third-order valence-electron chi connectivity index (χ3n) is 3.98. The van der Waals surface area contributed by atoms with Gasteiger partial charge in [-0.1, -0.05) is 12.8 Å². The van der Waals surface area contributed by atoms with E-state index < -0.39 is 0 Å². The van der Waals surface area contributed by atoms with Crippen molar-refractivity contribution in [3.8, 4) is 0 Å². The number of hydrogen-bond acceptors (Lipinski definition) is 2. The molecule has 1 saturated heterocycles. The molecule has 2 aliphatic rings. The fourth-order valence-corrected chi connectivity index (χ4v) is 2.89. The van der Waals surface area contributed by atoms with Crippen molar-refractivity contribution in [3.63, 3.8) is 0 Å². The summed E-state index contributed by atoms with van der Waals surface area (Å²) in [5.41, 5.74) is 6.44. The van der Waals surface area contributed by atoms with E-state index in [1.54, 1.807) is 0 Å². The minimum Gasteiger partial charge on any atom is -0.328 e. The Bertz CT molecular complexity index is 165. The molecule has 0 atom stereocenters. The van der Waals surface area contributed by atoms with Crippen molar-refractivity contribution < 1.29 is 0 Å². The second-order valence-corrected chi connectivity index (χ2v) is 5.03. The van der Waals surface area contributed by atoms with Gasteiger partial charge in [-0.15, -0.1) is 0 Å². The van der Waals surface area contributed by atoms with E-state index in [0.717, 1.165) is 0 Å². The van der Waals surface area contributed by atoms with Crippen LogP contribution in [0.15, 0.2) is 0 Å². The first-order chi connectivity index (χ1) is 6.21. The third-order valence-corrected chi connectivity index (χ3v) is 3.98. The van der Waals surface area contributed by atoms with Crippen LogP contribution in [0.25, 0.3) is 0 Å². The second kappa shape index (κ2) is 3.58. The number of rotatable bonds is 1. The zero-order valence-corrected chi connectivity index (χ0v) is 8.76. The van der Waals surface area contributed by atoms with Crippen molar-refractivity contribution in [1.29, 1.82) is 0 Å². The van der Waals surface area contributed by atoms with E-state index in [4.69, 9.17) is 5.73 Å². The Kier molecular flexibility index (Phi) is 2.61. The Morgan fingerprint density at radius 3 is 2.23 bits per heavy atom. The molecule has 1 aliphatic heterocycles. The SMILES string of the molecule is CC1(N2CCC(N)CC2)CCCC1. The van der Waals surface area contributed by atoms with E-state index in [1.165, 1.54) is 51.6 Å². The summed E-state index contributed by atoms with van der Waals surface area (Å²) in [4.78, 5) is 2.68. The number of hydrogen-bond donors (Lipinski definition) is 1. The lowest BCUT2D eigenvalue weighted by Gasteiger charge is -2.42. The Morgan fingerprint density at radius 2 is 1.69 bits per heavy atom. The zero-order chi connectivity index (χ0) is 9.31. The van der Waals surface area contributed by atoms with Crippen LogP contribution < -0.4 is 5.73 Å². The molecule has 13 heavy (non-hydrogen) atoms. The molecule has 2 nitrogen and oxygen atoms in total. The van der Waals surface area contributed by atoms with Crippen LogP contribution in [0.1, 0.15) is 45.4 Å². The highest BCUT2D eigenvalue weighted by molar-refractivity contribution is 4.93. The molecule has 1 aliphatic carbocycles. The maximum Gasteiger partial charge on any atom is 0.0181 e. The lowest BCUT2D eigenvalue weighted by atomic mass is 9.93. The molecule has 76 valence electrons. The van der Waals surface area contributed by atoms with E-state index >= 15 is 0 Å². The van der Waals surface area contributed by atoms with Crippen LogP contribution in [0.2, 0.25) is 0 Å². The van der Waals surface area contributed by atoms with Gasteiger partial charge in [-0.3, -0.25) is 4.90 Å². The maximum atomic E-state index is 5.91. The predicted molar refractivity (Wildman–Crippen MR) is 55.7 cm³/mol. The number of piperidine rings is 1. The highest BCUT2D eigenvalue weighted by Crippen LogP contribution is 2.36. The van der Waals surface area contributed by atoms with Crippen molar-refractivity contribution in [2.24, 2.45) is 5.73 Å². The molecule has 2 N–H and O–H groups in total. The number of nitrogens with two attached hydrogens (primary N) is 1. The lowest BCUT2D eigenvalue weighted by molar-refractivity contribution is 0.0797. The summed E-state index contributed by atoms with van der Waals surface area (Å²) >= 11 is 0. The summed E-state index contributed by atoms with van der Waals surface area (Å²) in [7, 11) is 0. The van der Waals surface area contributed by atoms with Gasteiger partial charge in [-0.2, -0.15) is 0 Å². The Labute approximate surface area is 81.5 Å². The van der Waals surface area contributed by atoms with Gasteiger partial charge in [-0.05, 0) is 32.6 Å². The molecule has 0 spiro atoms. The van der Waals surface area contributed by atoms with Crippen LogP contribution in [-0.4, -0.2) is 29.6 Å². The summed E-state index contributed by atoms with van der Waals surface area (Å²) in [5.74, 6) is 0. The van der Waals surface area contributed by atoms with Gasteiger partial charge < -0.3 is 5.73 Å². The van der Waals surface area contributed by atoms with Gasteiger partial charge in [0, 0.05) is 24.7 Å². The topological polar surface area (TPSA) is 29.3 Å². The summed E-state index contributed by atoms with van der Waals surface area (Å²) in [6.45, 7) is 4.91. The first kappa shape index (κ1) is 9.47. The molecule has 2 fully saturated rings. The first-order valence-corrected chi connectivity index (χ1v) is 5.71. The van der Waals surface area contributed by atoms with Crippen LogP contribution >= 0.6 is 0 Å². The van der Waals surface area contributed by atoms with E-state index in [2.05, 4.69) is 11.8 Å². The van der Waals surface area contributed by atoms with Gasteiger partial charge in [0.05, 0.1) is 0 Å². The second-order valence-electron chi connectivity index (χ2n) is 5.03. The average Bonchev–Trinajstić information content (AvgIpc) is 2.54. The largest absolute Gasteiger partial charge is 0.328 e. The Morgan fingerprint density at radius 1 is 1.15 bits per heavy atom. The molecule has 2 rings (SSSR count). The summed E-state index contributed by atoms with van der Waals surface area (Å²) in [6.07, 6.45) is 8.08. The van der Waals surface area contributed by atoms with Crippen LogP contribution in [-0.2, 0) is 0 Å². The minimum atomic E-state index is 0.473. The van der Waals surface area contributed by atoms with Crippen molar-refractivity contribution in [1.82, 2.24) is 4.90 Å². The lowest BCUT2D eigenvalue weighted by Crippen LogP contribution is -2.50. The van der Waals surface area contributed by atoms with E-state index in [1.807, 2.05) is 0 Å². The molecule has 0 amide bonds. The van der Waals surface area contributed by atoms with Gasteiger partial charge in [-0.25, -0.2) is 0 Å². The van der Waals surface area contributed by atoms with E-state index in [-0.39, 0.29) is 0 Å². The van der Waals surface area contributed by atoms with Crippen LogP contribution in [0.3, 0.4) is 0 Å². The van der Waals surface area contributed by atoms with Crippen molar-refractivity contribution in [2.75, 3.05) is 13.1 Å². The average molecular weight is 182 g/mol. The first-order valence-electron chi connectivity index (χ1n) is 5.71. The number of nitrogens with zero attached hydrogens (tertiary/aromatic N) is 1. The zero-order valence-electron chi connectivity index (χ0n) is 8.76. The quantitative estimate of drug-likeness (QED) is 0.669. The monoisotopic (exact) mass is 182 g/mol. The fourth-order valence-electron chi connectivity index (χ4n) is 2.89. The van der Waals surface area contributed by atoms with Gasteiger partial charge in [0.15, 0.2) is 0 Å². The van der Waals surface area contributed by atoms with E-state index in [9.17, 15) is 0 Å². The molecule has 0 radical (unpaired) electrons. The molecule has 0 aromatic carbocycles. The maximum absolute atomic E-state index is 5.91. The molecule has 0 aromatic rings. The molecule has 1 heterocycles. The molecular weight excluding hydrogens is 160 g/mol. The van der Waals surface area contributed by atoms with Crippen LogP contribution in [0.5, 0.6) is 0 Å². The molecule has 1 saturated carbocycles. The molecule has 0 unspecified atom stereocenters. The molecular formula is C11H22N2. The molecule has 0 aromatic heterocycles. The number of likely N-dealkylation sites (tertiary alicyclic amines) is 1. The molecule has 2 heteroatoms. The van der Waals surface area contributed by atoms with Gasteiger partial charge in [0.25, 0.3) is 0 Å². The van der Waals surface area contributed by atoms with Crippen molar-refractivity contribution in [3.05, 3.63) is 0 Å². The smallest absolute Gasteiger partial charge is 0.0181 e. The standard InChI is InChI=1S/C11H22N2/c1-11(6-2-3-7-11)13-8-4-10(12)5-9-13/h10H,2-9,12H2,1H3. The van der Waals surface area contributed by atoms with Crippen molar-refractivity contribution >= 4 is 0 Å². The third kappa shape index (κ3) is 1.89. The van der Waals surface area contributed by atoms with Crippen LogP contribution in [0.4, 0.5) is 0 Å². The fraction of sp³-hybridized carbons (Fsp3) is 1.00. The summed E-state index contributed by atoms with van der Waals surface area (Å²) in [5, 5.41) is 0. The van der Waals surface area contributed by atoms with Crippen LogP contribution in [0, 0.1) is 0 Å². The molecule has 0 bridgehead atoms. The van der Waals surface area contributed by atoms with Gasteiger partial charge >= 0.3 is 0 Å². The predicted octanol–water partition coefficient (Wildman–Crippen LogP) is 1.74. The Balaban J connectivity index is 1.93. The van der Waals surface area contributed by atoms with E-state index in [0.29, 0.717) is 11.6 Å². The Hall–Kier alpha value is -0.0800. The van der Waals surface area contributed by atoms with Gasteiger partial charge in [0.2, 0.25) is 0 Å². The highest BCUT2D eigenvalue weighted by atomic mass is 15.2. The summed E-state index contributed by atoms with van der Waals surface area (Å²) < 4.78 is 0.